The zero-order valence-electron chi connectivity index (χ0n) is 23.1. The molecule has 0 fully saturated rings. The lowest BCUT2D eigenvalue weighted by atomic mass is 10.0. The van der Waals surface area contributed by atoms with Crippen LogP contribution in [0, 0.1) is 0 Å². The van der Waals surface area contributed by atoms with Crippen LogP contribution in [-0.4, -0.2) is 48.6 Å². The highest BCUT2D eigenvalue weighted by Gasteiger charge is 2.25. The molecular weight excluding hydrogens is 645 g/mol. The number of thiophene rings is 3. The van der Waals surface area contributed by atoms with Gasteiger partial charge in [0.1, 0.15) is 24.4 Å². The smallest absolute Gasteiger partial charge is 0.273 e. The first-order valence-electron chi connectivity index (χ1n) is 13.9. The third-order valence-electron chi connectivity index (χ3n) is 8.48. The summed E-state index contributed by atoms with van der Waals surface area (Å²) < 4.78 is 55.0. The Morgan fingerprint density at radius 1 is 0.605 bits per heavy atom. The molecule has 0 aliphatic carbocycles. The van der Waals surface area contributed by atoms with E-state index >= 15 is 0 Å². The minimum absolute atomic E-state index is 0.0770. The maximum Gasteiger partial charge on any atom is 0.273 e. The SMILES string of the molecule is CCS(=O)(=O)CCc1cc2c(cc3c4ccc5c(=O)n6c7cc(CCS(=O)(=O)CC)sc7cc6c6sc(c(=O)n23)c4c56)s1. The molecule has 0 atom stereocenters. The number of hydrogen-bond acceptors (Lipinski definition) is 9. The largest absolute Gasteiger partial charge is 0.274 e. The number of benzene rings is 1. The molecule has 0 spiro atoms. The molecule has 0 radical (unpaired) electrons. The van der Waals surface area contributed by atoms with Crippen molar-refractivity contribution in [3.05, 3.63) is 66.9 Å². The van der Waals surface area contributed by atoms with E-state index in [1.165, 1.54) is 34.0 Å². The van der Waals surface area contributed by atoms with E-state index in [0.29, 0.717) is 22.9 Å². The maximum atomic E-state index is 14.1. The Morgan fingerprint density at radius 3 is 1.70 bits per heavy atom. The second-order valence-electron chi connectivity index (χ2n) is 10.9. The van der Waals surface area contributed by atoms with Crippen molar-refractivity contribution in [3.63, 3.8) is 0 Å². The topological polar surface area (TPSA) is 111 Å². The van der Waals surface area contributed by atoms with Crippen molar-refractivity contribution in [2.24, 2.45) is 0 Å². The summed E-state index contributed by atoms with van der Waals surface area (Å²) in [6.45, 7) is 3.29. The molecule has 0 amide bonds. The van der Waals surface area contributed by atoms with Crippen LogP contribution >= 0.6 is 34.0 Å². The molecule has 220 valence electrons. The first-order valence-corrected chi connectivity index (χ1v) is 20.0. The van der Waals surface area contributed by atoms with Crippen molar-refractivity contribution >= 4 is 116 Å². The lowest BCUT2D eigenvalue weighted by Gasteiger charge is -2.06. The minimum Gasteiger partial charge on any atom is -0.274 e. The van der Waals surface area contributed by atoms with E-state index in [0.717, 1.165) is 62.1 Å². The predicted molar refractivity (Wildman–Crippen MR) is 180 cm³/mol. The van der Waals surface area contributed by atoms with E-state index in [9.17, 15) is 26.4 Å². The summed E-state index contributed by atoms with van der Waals surface area (Å²) >= 11 is 4.42. The quantitative estimate of drug-likeness (QED) is 0.192. The number of nitrogens with zero attached hydrogens (tertiary/aromatic N) is 2. The van der Waals surface area contributed by atoms with Crippen LogP contribution in [0.25, 0.3) is 62.4 Å². The van der Waals surface area contributed by atoms with Crippen molar-refractivity contribution in [2.45, 2.75) is 26.7 Å². The third kappa shape index (κ3) is 3.94. The maximum absolute atomic E-state index is 14.1. The van der Waals surface area contributed by atoms with E-state index in [4.69, 9.17) is 0 Å². The molecule has 0 aliphatic heterocycles. The van der Waals surface area contributed by atoms with Crippen LogP contribution in [0.3, 0.4) is 0 Å². The first-order chi connectivity index (χ1) is 20.5. The average Bonchev–Trinajstić information content (AvgIpc) is 3.77. The van der Waals surface area contributed by atoms with E-state index in [1.807, 2.05) is 36.4 Å². The molecule has 0 unspecified atom stereocenters. The fourth-order valence-corrected chi connectivity index (χ4v) is 11.5. The van der Waals surface area contributed by atoms with Gasteiger partial charge in [0.15, 0.2) is 0 Å². The van der Waals surface area contributed by atoms with Crippen LogP contribution in [0.1, 0.15) is 23.6 Å². The lowest BCUT2D eigenvalue weighted by Crippen LogP contribution is -2.13. The fraction of sp³-hybridized carbons (Fsp3) is 0.267. The van der Waals surface area contributed by atoms with Crippen molar-refractivity contribution < 1.29 is 16.8 Å². The molecule has 8 nitrogen and oxygen atoms in total. The highest BCUT2D eigenvalue weighted by Crippen LogP contribution is 2.44. The summed E-state index contributed by atoms with van der Waals surface area (Å²) in [6, 6.07) is 11.6. The van der Waals surface area contributed by atoms with Gasteiger partial charge in [0.05, 0.1) is 47.7 Å². The van der Waals surface area contributed by atoms with Crippen LogP contribution in [0.15, 0.2) is 46.0 Å². The van der Waals surface area contributed by atoms with Gasteiger partial charge in [-0.1, -0.05) is 19.9 Å². The number of aryl methyl sites for hydroxylation is 2. The van der Waals surface area contributed by atoms with Crippen LogP contribution in [0.2, 0.25) is 0 Å². The highest BCUT2D eigenvalue weighted by atomic mass is 32.2. The van der Waals surface area contributed by atoms with Crippen LogP contribution in [0.4, 0.5) is 0 Å². The molecule has 1 aromatic carbocycles. The predicted octanol–water partition coefficient (Wildman–Crippen LogP) is 5.69. The van der Waals surface area contributed by atoms with Crippen molar-refractivity contribution in [1.82, 2.24) is 8.80 Å². The van der Waals surface area contributed by atoms with E-state index in [1.54, 1.807) is 22.6 Å². The molecule has 43 heavy (non-hydrogen) atoms. The summed E-state index contributed by atoms with van der Waals surface area (Å²) in [5, 5.41) is 3.08. The number of aromatic nitrogens is 2. The normalized spacial score (nSPS) is 13.5. The van der Waals surface area contributed by atoms with Gasteiger partial charge in [-0.3, -0.25) is 18.4 Å². The molecule has 8 rings (SSSR count). The van der Waals surface area contributed by atoms with Gasteiger partial charge in [0, 0.05) is 42.8 Å². The Hall–Kier alpha value is -3.10. The van der Waals surface area contributed by atoms with E-state index in [-0.39, 0.29) is 34.1 Å². The van der Waals surface area contributed by atoms with Crippen molar-refractivity contribution in [1.29, 1.82) is 0 Å². The second kappa shape index (κ2) is 9.21. The molecular formula is C30H24N2O6S5. The number of rotatable bonds is 8. The van der Waals surface area contributed by atoms with Gasteiger partial charge in [0.25, 0.3) is 11.1 Å². The summed E-state index contributed by atoms with van der Waals surface area (Å²) in [5.41, 5.74) is 2.78. The minimum atomic E-state index is -3.10. The van der Waals surface area contributed by atoms with Gasteiger partial charge in [-0.2, -0.15) is 0 Å². The third-order valence-corrected chi connectivity index (χ3v) is 15.4. The Bertz CT molecular complexity index is 2780. The van der Waals surface area contributed by atoms with Crippen LogP contribution in [0.5, 0.6) is 0 Å². The van der Waals surface area contributed by atoms with E-state index < -0.39 is 19.7 Å². The molecule has 13 heteroatoms. The Balaban J connectivity index is 1.34. The number of sulfone groups is 2. The Kier molecular flexibility index (Phi) is 5.88. The summed E-state index contributed by atoms with van der Waals surface area (Å²) in [7, 11) is -6.20. The molecule has 7 aromatic heterocycles. The van der Waals surface area contributed by atoms with Crippen molar-refractivity contribution in [3.8, 4) is 0 Å². The molecule has 7 heterocycles. The zero-order valence-corrected chi connectivity index (χ0v) is 27.2. The molecule has 0 saturated carbocycles. The molecule has 0 saturated heterocycles. The van der Waals surface area contributed by atoms with Crippen molar-refractivity contribution in [2.75, 3.05) is 23.0 Å². The van der Waals surface area contributed by atoms with Gasteiger partial charge in [0.2, 0.25) is 0 Å². The first kappa shape index (κ1) is 27.4. The molecule has 0 N–H and O–H groups in total. The molecule has 0 aliphatic rings. The Morgan fingerprint density at radius 2 is 1.12 bits per heavy atom. The van der Waals surface area contributed by atoms with Gasteiger partial charge in [-0.15, -0.1) is 34.0 Å². The van der Waals surface area contributed by atoms with Gasteiger partial charge < -0.3 is 0 Å². The molecule has 0 bridgehead atoms. The van der Waals surface area contributed by atoms with Crippen LogP contribution in [-0.2, 0) is 32.5 Å². The number of fused-ring (bicyclic) bond motifs is 8. The number of hydrogen-bond donors (Lipinski definition) is 0. The zero-order chi connectivity index (χ0) is 30.0. The average molecular weight is 669 g/mol. The monoisotopic (exact) mass is 668 g/mol. The van der Waals surface area contributed by atoms with Gasteiger partial charge >= 0.3 is 0 Å². The number of pyridine rings is 2. The highest BCUT2D eigenvalue weighted by molar-refractivity contribution is 7.91. The lowest BCUT2D eigenvalue weighted by molar-refractivity contribution is 0.595. The van der Waals surface area contributed by atoms with Crippen LogP contribution < -0.4 is 11.1 Å². The second-order valence-corrected chi connectivity index (χ2v) is 19.2. The summed E-state index contributed by atoms with van der Waals surface area (Å²) in [6.07, 6.45) is 0.825. The van der Waals surface area contributed by atoms with Gasteiger partial charge in [-0.05, 0) is 43.2 Å². The molecule has 8 aromatic rings. The van der Waals surface area contributed by atoms with Gasteiger partial charge in [-0.25, -0.2) is 16.8 Å². The Labute approximate surface area is 256 Å². The van der Waals surface area contributed by atoms with E-state index in [2.05, 4.69) is 0 Å². The summed E-state index contributed by atoms with van der Waals surface area (Å²) in [4.78, 5) is 29.9. The summed E-state index contributed by atoms with van der Waals surface area (Å²) in [5.74, 6) is 0.371. The fourth-order valence-electron chi connectivity index (χ4n) is 6.16. The standard InChI is InChI=1S/C30H24N2O6S5/c1-3-42(35,36)9-7-15-11-20-23(39-15)13-19-17-5-6-18-26-25(17)28(30(34)31(19)20)41-27(26)22-14-24-21(32(22)29(18)33)12-16(40-24)8-10-43(37,38)4-2/h5-6,11-14H,3-4,7-10H2,1-2H3.